The number of nitriles is 1. The van der Waals surface area contributed by atoms with Gasteiger partial charge in [0.2, 0.25) is 5.60 Å². The molecule has 0 radical (unpaired) electrons. The van der Waals surface area contributed by atoms with Gasteiger partial charge < -0.3 is 25.3 Å². The van der Waals surface area contributed by atoms with Crippen molar-refractivity contribution in [3.8, 4) is 5.40 Å². The highest BCUT2D eigenvalue weighted by Crippen LogP contribution is 2.42. The Morgan fingerprint density at radius 1 is 0.965 bits per heavy atom. The number of amides is 2. The topological polar surface area (TPSA) is 183 Å². The summed E-state index contributed by atoms with van der Waals surface area (Å²) in [6.45, 7) is 8.05. The first-order chi connectivity index (χ1) is 27.2. The molecule has 6 rings (SSSR count). The minimum absolute atomic E-state index is 0.0879. The van der Waals surface area contributed by atoms with Gasteiger partial charge in [-0.05, 0) is 68.6 Å². The summed E-state index contributed by atoms with van der Waals surface area (Å²) < 4.78 is 5.53. The molecule has 0 saturated carbocycles. The van der Waals surface area contributed by atoms with E-state index in [9.17, 15) is 24.3 Å². The van der Waals surface area contributed by atoms with Crippen molar-refractivity contribution in [3.05, 3.63) is 130 Å². The molecule has 3 N–H and O–H groups in total. The Morgan fingerprint density at radius 2 is 1.53 bits per heavy atom. The molecule has 1 aromatic heterocycles. The molecule has 0 bridgehead atoms. The highest BCUT2D eigenvalue weighted by atomic mass is 32.2. The molecule has 0 spiro atoms. The first kappa shape index (κ1) is 41.0. The van der Waals surface area contributed by atoms with Gasteiger partial charge in [0.1, 0.15) is 39.3 Å². The summed E-state index contributed by atoms with van der Waals surface area (Å²) in [5.74, 6) is -3.12. The number of hydrogen-bond acceptors (Lipinski definition) is 13. The van der Waals surface area contributed by atoms with Crippen LogP contribution in [0.2, 0.25) is 0 Å². The van der Waals surface area contributed by atoms with Crippen LogP contribution in [0, 0.1) is 10.7 Å². The van der Waals surface area contributed by atoms with Gasteiger partial charge in [0.05, 0.1) is 0 Å². The first-order valence-corrected chi connectivity index (χ1v) is 20.7. The number of carbonyl (C=O) groups is 4. The fraction of sp³-hybridized carbons (Fsp3) is 0.293. The third kappa shape index (κ3) is 8.70. The van der Waals surface area contributed by atoms with Crippen molar-refractivity contribution >= 4 is 69.5 Å². The van der Waals surface area contributed by atoms with Crippen LogP contribution >= 0.6 is 34.9 Å². The number of carboxylic acid groups (broad SMARTS) is 1. The minimum atomic E-state index is -1.64. The maximum absolute atomic E-state index is 14.2. The Morgan fingerprint density at radius 3 is 2.04 bits per heavy atom. The highest BCUT2D eigenvalue weighted by molar-refractivity contribution is 8.04. The van der Waals surface area contributed by atoms with Crippen molar-refractivity contribution in [3.63, 3.8) is 0 Å². The van der Waals surface area contributed by atoms with Crippen LogP contribution < -0.4 is 10.6 Å². The number of aliphatic carboxylic acids is 1. The number of esters is 1. The zero-order chi connectivity index (χ0) is 41.0. The molecule has 1 fully saturated rings. The van der Waals surface area contributed by atoms with Crippen LogP contribution in [0.3, 0.4) is 0 Å². The number of thiocyanates is 1. The molecule has 0 aliphatic carbocycles. The molecule has 4 aromatic rings. The monoisotopic (exact) mass is 824 g/mol. The number of rotatable bonds is 14. The summed E-state index contributed by atoms with van der Waals surface area (Å²) in [5.41, 5.74) is -0.617. The van der Waals surface area contributed by atoms with Crippen molar-refractivity contribution < 1.29 is 33.9 Å². The van der Waals surface area contributed by atoms with Crippen molar-refractivity contribution in [2.24, 2.45) is 5.16 Å². The maximum atomic E-state index is 14.2. The largest absolute Gasteiger partial charge is 0.477 e. The predicted octanol–water partition coefficient (Wildman–Crippen LogP) is 6.34. The zero-order valence-corrected chi connectivity index (χ0v) is 34.2. The number of fused-ring (bicyclic) bond motifs is 1. The number of hydrogen-bond donors (Lipinski definition) is 3. The average Bonchev–Trinajstić information content (AvgIpc) is 3.65. The summed E-state index contributed by atoms with van der Waals surface area (Å²) >= 11 is 3.37. The van der Waals surface area contributed by atoms with Crippen molar-refractivity contribution in [2.75, 3.05) is 16.8 Å². The SMILES string of the molecule is CC(C)(C)OC(=O)C(C)(C)O/N=C(\C(=O)NC1C(=O)N2C(C(=O)O)=C(CSC#N)CS[C@@H]12)c1csc(NC(c2ccccc2)(c2ccccc2)c2ccccc2)n1. The number of anilines is 1. The smallest absolute Gasteiger partial charge is 0.353 e. The molecule has 294 valence electrons. The molecule has 1 saturated heterocycles. The van der Waals surface area contributed by atoms with E-state index in [2.05, 4.69) is 15.8 Å². The minimum Gasteiger partial charge on any atom is -0.477 e. The molecule has 57 heavy (non-hydrogen) atoms. The van der Waals surface area contributed by atoms with Crippen LogP contribution in [0.15, 0.2) is 113 Å². The maximum Gasteiger partial charge on any atom is 0.353 e. The van der Waals surface area contributed by atoms with Gasteiger partial charge in [-0.1, -0.05) is 96.2 Å². The summed E-state index contributed by atoms with van der Waals surface area (Å²) in [7, 11) is 0. The number of β-lactam (4-membered cyclic amide) rings is 1. The van der Waals surface area contributed by atoms with Crippen LogP contribution in [0.4, 0.5) is 5.13 Å². The second-order valence-electron chi connectivity index (χ2n) is 14.6. The predicted molar refractivity (Wildman–Crippen MR) is 220 cm³/mol. The second kappa shape index (κ2) is 16.8. The lowest BCUT2D eigenvalue weighted by Crippen LogP contribution is -2.71. The number of thiazole rings is 1. The molecule has 2 amide bonds. The van der Waals surface area contributed by atoms with Crippen LogP contribution in [-0.2, 0) is 34.3 Å². The highest BCUT2D eigenvalue weighted by Gasteiger charge is 2.54. The lowest BCUT2D eigenvalue weighted by atomic mass is 9.77. The van der Waals surface area contributed by atoms with Gasteiger partial charge in [0.15, 0.2) is 10.8 Å². The van der Waals surface area contributed by atoms with Crippen LogP contribution in [0.5, 0.6) is 0 Å². The number of oxime groups is 1. The Kier molecular flexibility index (Phi) is 12.1. The average molecular weight is 825 g/mol. The van der Waals surface area contributed by atoms with Crippen molar-refractivity contribution in [2.45, 2.75) is 62.8 Å². The van der Waals surface area contributed by atoms with Crippen molar-refractivity contribution in [1.29, 1.82) is 5.26 Å². The fourth-order valence-corrected chi connectivity index (χ4v) is 9.01. The number of carbonyl (C=O) groups excluding carboxylic acids is 3. The van der Waals surface area contributed by atoms with Gasteiger partial charge in [0, 0.05) is 16.9 Å². The molecule has 2 aliphatic heterocycles. The molecular weight excluding hydrogens is 785 g/mol. The molecule has 13 nitrogen and oxygen atoms in total. The lowest BCUT2D eigenvalue weighted by molar-refractivity contribution is -0.179. The molecule has 1 unspecified atom stereocenters. The number of nitrogens with one attached hydrogen (secondary N) is 2. The van der Waals surface area contributed by atoms with E-state index in [1.807, 2.05) is 96.4 Å². The van der Waals surface area contributed by atoms with Gasteiger partial charge in [0.25, 0.3) is 11.8 Å². The number of ether oxygens (including phenoxy) is 1. The summed E-state index contributed by atoms with van der Waals surface area (Å²) in [6, 6.07) is 28.6. The lowest BCUT2D eigenvalue weighted by Gasteiger charge is -2.49. The summed E-state index contributed by atoms with van der Waals surface area (Å²) in [5, 5.41) is 32.8. The number of aromatic nitrogens is 1. The Labute approximate surface area is 342 Å². The van der Waals surface area contributed by atoms with Gasteiger partial charge in [-0.2, -0.15) is 5.26 Å². The van der Waals surface area contributed by atoms with Gasteiger partial charge in [-0.25, -0.2) is 14.6 Å². The van der Waals surface area contributed by atoms with Crippen LogP contribution in [-0.4, -0.2) is 78.6 Å². The Balaban J connectivity index is 1.37. The first-order valence-electron chi connectivity index (χ1n) is 17.8. The number of benzene rings is 3. The van der Waals surface area contributed by atoms with E-state index in [-0.39, 0.29) is 28.6 Å². The molecule has 2 aliphatic rings. The van der Waals surface area contributed by atoms with E-state index >= 15 is 0 Å². The van der Waals surface area contributed by atoms with E-state index in [0.717, 1.165) is 33.4 Å². The van der Waals surface area contributed by atoms with E-state index in [1.54, 1.807) is 26.2 Å². The Bertz CT molecular complexity index is 2150. The second-order valence-corrected chi connectivity index (χ2v) is 17.3. The molecule has 3 aromatic carbocycles. The molecule has 2 atom stereocenters. The number of thioether (sulfide) groups is 2. The quantitative estimate of drug-likeness (QED) is 0.0321. The van der Waals surface area contributed by atoms with Crippen LogP contribution in [0.1, 0.15) is 57.0 Å². The van der Waals surface area contributed by atoms with E-state index in [4.69, 9.17) is 19.8 Å². The zero-order valence-electron chi connectivity index (χ0n) is 31.7. The van der Waals surface area contributed by atoms with E-state index in [0.29, 0.717) is 10.7 Å². The van der Waals surface area contributed by atoms with Gasteiger partial charge in [-0.15, -0.1) is 23.1 Å². The Hall–Kier alpha value is -5.63. The molecule has 3 heterocycles. The summed E-state index contributed by atoms with van der Waals surface area (Å²) in [4.78, 5) is 64.8. The third-order valence-corrected chi connectivity index (χ3v) is 11.7. The normalized spacial score (nSPS) is 17.2. The molecular formula is C41H40N6O7S3. The fourth-order valence-electron chi connectivity index (χ4n) is 6.31. The van der Waals surface area contributed by atoms with E-state index in [1.165, 1.54) is 36.9 Å². The van der Waals surface area contributed by atoms with Crippen LogP contribution in [0.25, 0.3) is 0 Å². The number of carboxylic acids is 1. The third-order valence-electron chi connectivity index (χ3n) is 8.98. The number of nitrogens with zero attached hydrogens (tertiary/aromatic N) is 4. The van der Waals surface area contributed by atoms with Gasteiger partial charge >= 0.3 is 11.9 Å². The standard InChI is InChI=1S/C41H40N6O7S3/c1-39(2,3)53-37(52)40(4,5)54-46-30(33(48)44-31-34(49)47-32(36(50)51)25(21-55-24-42)22-56-35(31)47)29-23-57-38(43-29)45-41(26-15-9-6-10-16-26,27-17-11-7-12-18-27)28-19-13-8-14-20-28/h6-20,23,31,35H,21-22H2,1-5H3,(H,43,45)(H,44,48)(H,50,51)/b46-30-/t31?,35-/m0/s1. The molecule has 16 heteroatoms. The van der Waals surface area contributed by atoms with E-state index < -0.39 is 51.9 Å². The summed E-state index contributed by atoms with van der Waals surface area (Å²) in [6.07, 6.45) is 0. The van der Waals surface area contributed by atoms with Crippen molar-refractivity contribution in [1.82, 2.24) is 15.2 Å². The van der Waals surface area contributed by atoms with Gasteiger partial charge in [-0.3, -0.25) is 14.5 Å².